The SMILES string of the molecule is C[C@H](CC(=O)OCC(=O)/C=C1/N(C)c2ccccc2C1(C)C)c1ccccc1. The fourth-order valence-electron chi connectivity index (χ4n) is 3.81. The second kappa shape index (κ2) is 8.01. The molecule has 1 aliphatic heterocycles. The van der Waals surface area contributed by atoms with Crippen LogP contribution in [0.5, 0.6) is 0 Å². The summed E-state index contributed by atoms with van der Waals surface area (Å²) in [6.07, 6.45) is 1.86. The van der Waals surface area contributed by atoms with Gasteiger partial charge in [-0.1, -0.05) is 69.3 Å². The summed E-state index contributed by atoms with van der Waals surface area (Å²) in [6.45, 7) is 5.95. The third-order valence-corrected chi connectivity index (χ3v) is 5.46. The number of fused-ring (bicyclic) bond motifs is 1. The molecule has 1 heterocycles. The molecule has 2 aromatic rings. The number of benzene rings is 2. The molecule has 0 saturated carbocycles. The van der Waals surface area contributed by atoms with Crippen LogP contribution in [0.15, 0.2) is 66.4 Å². The van der Waals surface area contributed by atoms with Crippen LogP contribution < -0.4 is 4.90 Å². The van der Waals surface area contributed by atoms with Gasteiger partial charge >= 0.3 is 5.97 Å². The Morgan fingerprint density at radius 3 is 2.39 bits per heavy atom. The van der Waals surface area contributed by atoms with Gasteiger partial charge in [-0.25, -0.2) is 0 Å². The lowest BCUT2D eigenvalue weighted by Gasteiger charge is -2.23. The number of hydrogen-bond acceptors (Lipinski definition) is 4. The predicted octanol–water partition coefficient (Wildman–Crippen LogP) is 4.60. The van der Waals surface area contributed by atoms with Crippen molar-refractivity contribution in [2.75, 3.05) is 18.6 Å². The van der Waals surface area contributed by atoms with Gasteiger partial charge in [-0.05, 0) is 23.1 Å². The second-order valence-electron chi connectivity index (χ2n) is 7.87. The minimum absolute atomic E-state index is 0.0524. The quantitative estimate of drug-likeness (QED) is 0.545. The molecule has 0 spiro atoms. The summed E-state index contributed by atoms with van der Waals surface area (Å²) in [5.74, 6) is -0.509. The van der Waals surface area contributed by atoms with Gasteiger partial charge in [0.25, 0.3) is 0 Å². The van der Waals surface area contributed by atoms with Gasteiger partial charge in [-0.3, -0.25) is 9.59 Å². The smallest absolute Gasteiger partial charge is 0.306 e. The zero-order chi connectivity index (χ0) is 20.3. The molecule has 0 bridgehead atoms. The highest BCUT2D eigenvalue weighted by molar-refractivity contribution is 5.94. The number of anilines is 1. The molecule has 0 aromatic heterocycles. The highest BCUT2D eigenvalue weighted by Gasteiger charge is 2.38. The van der Waals surface area contributed by atoms with E-state index in [0.717, 1.165) is 16.9 Å². The van der Waals surface area contributed by atoms with Crippen molar-refractivity contribution in [3.8, 4) is 0 Å². The van der Waals surface area contributed by atoms with E-state index in [1.54, 1.807) is 6.08 Å². The summed E-state index contributed by atoms with van der Waals surface area (Å²) >= 11 is 0. The molecular weight excluding hydrogens is 350 g/mol. The summed E-state index contributed by atoms with van der Waals surface area (Å²) in [5, 5.41) is 0. The van der Waals surface area contributed by atoms with Crippen LogP contribution in [-0.4, -0.2) is 25.4 Å². The van der Waals surface area contributed by atoms with E-state index >= 15 is 0 Å². The number of esters is 1. The van der Waals surface area contributed by atoms with Crippen LogP contribution >= 0.6 is 0 Å². The van der Waals surface area contributed by atoms with Crippen LogP contribution in [0.25, 0.3) is 0 Å². The van der Waals surface area contributed by atoms with Crippen LogP contribution in [0.3, 0.4) is 0 Å². The summed E-state index contributed by atoms with van der Waals surface area (Å²) in [6, 6.07) is 18.0. The van der Waals surface area contributed by atoms with E-state index in [1.165, 1.54) is 5.56 Å². The van der Waals surface area contributed by atoms with Gasteiger partial charge in [0, 0.05) is 29.9 Å². The van der Waals surface area contributed by atoms with Crippen molar-refractivity contribution < 1.29 is 14.3 Å². The molecule has 0 aliphatic carbocycles. The molecule has 1 atom stereocenters. The minimum atomic E-state index is -0.356. The van der Waals surface area contributed by atoms with Crippen molar-refractivity contribution in [1.29, 1.82) is 0 Å². The number of carbonyl (C=O) groups is 2. The van der Waals surface area contributed by atoms with Crippen molar-refractivity contribution in [3.63, 3.8) is 0 Å². The lowest BCUT2D eigenvalue weighted by Crippen LogP contribution is -2.25. The first-order valence-corrected chi connectivity index (χ1v) is 9.59. The molecular formula is C24H27NO3. The maximum Gasteiger partial charge on any atom is 0.306 e. The highest BCUT2D eigenvalue weighted by Crippen LogP contribution is 2.46. The number of rotatable bonds is 6. The Labute approximate surface area is 166 Å². The third-order valence-electron chi connectivity index (χ3n) is 5.46. The molecule has 3 rings (SSSR count). The van der Waals surface area contributed by atoms with Crippen molar-refractivity contribution >= 4 is 17.4 Å². The van der Waals surface area contributed by atoms with Gasteiger partial charge in [0.15, 0.2) is 12.4 Å². The monoisotopic (exact) mass is 377 g/mol. The minimum Gasteiger partial charge on any atom is -0.457 e. The Hall–Kier alpha value is -2.88. The molecule has 0 amide bonds. The molecule has 0 N–H and O–H groups in total. The lowest BCUT2D eigenvalue weighted by molar-refractivity contribution is -0.147. The van der Waals surface area contributed by atoms with Crippen LogP contribution in [-0.2, 0) is 19.7 Å². The number of allylic oxidation sites excluding steroid dienone is 1. The first-order valence-electron chi connectivity index (χ1n) is 9.59. The highest BCUT2D eigenvalue weighted by atomic mass is 16.5. The van der Waals surface area contributed by atoms with E-state index in [9.17, 15) is 9.59 Å². The van der Waals surface area contributed by atoms with Crippen LogP contribution in [0.1, 0.15) is 44.2 Å². The standard InChI is InChI=1S/C24H27NO3/c1-17(18-10-6-5-7-11-18)14-23(27)28-16-19(26)15-22-24(2,3)20-12-8-9-13-21(20)25(22)4/h5-13,15,17H,14,16H2,1-4H3/b22-15+/t17-/m1/s1. The third kappa shape index (κ3) is 4.01. The Morgan fingerprint density at radius 1 is 1.07 bits per heavy atom. The molecule has 1 aliphatic rings. The fourth-order valence-corrected chi connectivity index (χ4v) is 3.81. The number of para-hydroxylation sites is 1. The van der Waals surface area contributed by atoms with Crippen molar-refractivity contribution in [2.45, 2.75) is 38.5 Å². The first-order chi connectivity index (χ1) is 13.3. The van der Waals surface area contributed by atoms with E-state index < -0.39 is 0 Å². The number of carbonyl (C=O) groups excluding carboxylic acids is 2. The van der Waals surface area contributed by atoms with Gasteiger partial charge in [-0.15, -0.1) is 0 Å². The number of likely N-dealkylation sites (N-methyl/N-ethyl adjacent to an activating group) is 1. The Bertz CT molecular complexity index is 899. The fraction of sp³-hybridized carbons (Fsp3) is 0.333. The lowest BCUT2D eigenvalue weighted by atomic mass is 9.83. The molecule has 2 aromatic carbocycles. The summed E-state index contributed by atoms with van der Waals surface area (Å²) in [4.78, 5) is 26.6. The van der Waals surface area contributed by atoms with Gasteiger partial charge in [0.05, 0.1) is 6.42 Å². The topological polar surface area (TPSA) is 46.6 Å². The van der Waals surface area contributed by atoms with Crippen LogP contribution in [0.2, 0.25) is 0 Å². The van der Waals surface area contributed by atoms with E-state index in [2.05, 4.69) is 19.9 Å². The van der Waals surface area contributed by atoms with Crippen molar-refractivity contribution in [1.82, 2.24) is 0 Å². The molecule has 0 unspecified atom stereocenters. The summed E-state index contributed by atoms with van der Waals surface area (Å²) in [7, 11) is 1.96. The Balaban J connectivity index is 1.60. The molecule has 0 saturated heterocycles. The number of hydrogen-bond donors (Lipinski definition) is 0. The molecule has 0 fully saturated rings. The van der Waals surface area contributed by atoms with E-state index in [0.29, 0.717) is 0 Å². The summed E-state index contributed by atoms with van der Waals surface area (Å²) < 4.78 is 5.24. The maximum atomic E-state index is 12.5. The summed E-state index contributed by atoms with van der Waals surface area (Å²) in [5.41, 5.74) is 4.00. The van der Waals surface area contributed by atoms with Gasteiger partial charge < -0.3 is 9.64 Å². The van der Waals surface area contributed by atoms with E-state index in [4.69, 9.17) is 4.74 Å². The van der Waals surface area contributed by atoms with E-state index in [-0.39, 0.29) is 36.1 Å². The molecule has 0 radical (unpaired) electrons. The molecule has 4 heteroatoms. The first kappa shape index (κ1) is 19.9. The Kier molecular flexibility index (Phi) is 5.68. The van der Waals surface area contributed by atoms with Crippen molar-refractivity contribution in [2.24, 2.45) is 0 Å². The normalized spacial score (nSPS) is 17.3. The van der Waals surface area contributed by atoms with Crippen LogP contribution in [0.4, 0.5) is 5.69 Å². The number of ether oxygens (including phenoxy) is 1. The second-order valence-corrected chi connectivity index (χ2v) is 7.87. The maximum absolute atomic E-state index is 12.5. The number of nitrogens with zero attached hydrogens (tertiary/aromatic N) is 1. The molecule has 146 valence electrons. The van der Waals surface area contributed by atoms with Crippen molar-refractivity contribution in [3.05, 3.63) is 77.5 Å². The average molecular weight is 377 g/mol. The van der Waals surface area contributed by atoms with Gasteiger partial charge in [0.2, 0.25) is 0 Å². The zero-order valence-corrected chi connectivity index (χ0v) is 16.9. The predicted molar refractivity (Wildman–Crippen MR) is 111 cm³/mol. The molecule has 4 nitrogen and oxygen atoms in total. The van der Waals surface area contributed by atoms with Gasteiger partial charge in [-0.2, -0.15) is 0 Å². The average Bonchev–Trinajstić information content (AvgIpc) is 2.88. The number of ketones is 1. The zero-order valence-electron chi connectivity index (χ0n) is 16.9. The van der Waals surface area contributed by atoms with Gasteiger partial charge in [0.1, 0.15) is 0 Å². The largest absolute Gasteiger partial charge is 0.457 e. The Morgan fingerprint density at radius 2 is 1.71 bits per heavy atom. The molecule has 28 heavy (non-hydrogen) atoms. The van der Waals surface area contributed by atoms with E-state index in [1.807, 2.05) is 67.4 Å². The van der Waals surface area contributed by atoms with Crippen LogP contribution in [0, 0.1) is 0 Å².